The number of nitrogens with zero attached hydrogens (tertiary/aromatic N) is 1. The van der Waals surface area contributed by atoms with Crippen molar-refractivity contribution in [3.8, 4) is 0 Å². The van der Waals surface area contributed by atoms with E-state index in [1.54, 1.807) is 0 Å². The molecule has 1 amide bonds. The standard InChI is InChI=1S/C11H21N3O2/c15-11(9-14-7-5-12-6-8-14)13-16-10-3-1-2-4-10/h10,12H,1-9H2,(H,13,15). The number of rotatable bonds is 4. The van der Waals surface area contributed by atoms with E-state index in [0.29, 0.717) is 6.54 Å². The molecule has 0 bridgehead atoms. The smallest absolute Gasteiger partial charge is 0.257 e. The zero-order valence-corrected chi connectivity index (χ0v) is 9.71. The average Bonchev–Trinajstić information content (AvgIpc) is 2.81. The minimum atomic E-state index is -0.0196. The van der Waals surface area contributed by atoms with E-state index in [1.807, 2.05) is 0 Å². The van der Waals surface area contributed by atoms with Crippen LogP contribution in [0.1, 0.15) is 25.7 Å². The Balaban J connectivity index is 1.59. The van der Waals surface area contributed by atoms with Gasteiger partial charge < -0.3 is 5.32 Å². The number of carbonyl (C=O) groups is 1. The molecule has 5 nitrogen and oxygen atoms in total. The maximum absolute atomic E-state index is 11.6. The Morgan fingerprint density at radius 2 is 2.00 bits per heavy atom. The first-order valence-electron chi connectivity index (χ1n) is 6.22. The summed E-state index contributed by atoms with van der Waals surface area (Å²) in [5, 5.41) is 3.26. The highest BCUT2D eigenvalue weighted by atomic mass is 16.7. The van der Waals surface area contributed by atoms with Crippen LogP contribution in [0.3, 0.4) is 0 Å². The molecule has 2 N–H and O–H groups in total. The first-order valence-corrected chi connectivity index (χ1v) is 6.22. The van der Waals surface area contributed by atoms with Gasteiger partial charge in [0.05, 0.1) is 12.6 Å². The van der Waals surface area contributed by atoms with Gasteiger partial charge in [0.15, 0.2) is 0 Å². The Morgan fingerprint density at radius 1 is 1.31 bits per heavy atom. The van der Waals surface area contributed by atoms with Crippen molar-refractivity contribution in [1.29, 1.82) is 0 Å². The molecule has 2 aliphatic rings. The van der Waals surface area contributed by atoms with Crippen LogP contribution in [0.15, 0.2) is 0 Å². The van der Waals surface area contributed by atoms with Gasteiger partial charge in [-0.1, -0.05) is 12.8 Å². The highest BCUT2D eigenvalue weighted by Crippen LogP contribution is 2.19. The third-order valence-corrected chi connectivity index (χ3v) is 3.22. The molecule has 2 rings (SSSR count). The molecule has 0 aromatic carbocycles. The lowest BCUT2D eigenvalue weighted by Crippen LogP contribution is -2.47. The molecular formula is C11H21N3O2. The Labute approximate surface area is 96.5 Å². The van der Waals surface area contributed by atoms with Crippen LogP contribution in [-0.4, -0.2) is 49.6 Å². The first-order chi connectivity index (χ1) is 7.84. The van der Waals surface area contributed by atoms with Crippen LogP contribution < -0.4 is 10.8 Å². The second kappa shape index (κ2) is 6.18. The van der Waals surface area contributed by atoms with Crippen LogP contribution in [-0.2, 0) is 9.63 Å². The number of hydroxylamine groups is 1. The molecule has 5 heteroatoms. The molecule has 2 fully saturated rings. The Morgan fingerprint density at radius 3 is 2.69 bits per heavy atom. The summed E-state index contributed by atoms with van der Waals surface area (Å²) in [7, 11) is 0. The van der Waals surface area contributed by atoms with Crippen molar-refractivity contribution in [3.63, 3.8) is 0 Å². The number of nitrogens with one attached hydrogen (secondary N) is 2. The first kappa shape index (κ1) is 11.8. The van der Waals surface area contributed by atoms with E-state index >= 15 is 0 Å². The minimum Gasteiger partial charge on any atom is -0.314 e. The van der Waals surface area contributed by atoms with Crippen molar-refractivity contribution in [2.75, 3.05) is 32.7 Å². The second-order valence-electron chi connectivity index (χ2n) is 4.58. The third-order valence-electron chi connectivity index (χ3n) is 3.22. The predicted molar refractivity (Wildman–Crippen MR) is 60.8 cm³/mol. The molecule has 16 heavy (non-hydrogen) atoms. The minimum absolute atomic E-state index is 0.0196. The van der Waals surface area contributed by atoms with Crippen molar-refractivity contribution in [1.82, 2.24) is 15.7 Å². The molecule has 0 radical (unpaired) electrons. The fourth-order valence-electron chi connectivity index (χ4n) is 2.26. The van der Waals surface area contributed by atoms with Gasteiger partial charge in [-0.15, -0.1) is 0 Å². The fourth-order valence-corrected chi connectivity index (χ4v) is 2.26. The Kier molecular flexibility index (Phi) is 4.56. The summed E-state index contributed by atoms with van der Waals surface area (Å²) in [4.78, 5) is 19.1. The number of piperazine rings is 1. The van der Waals surface area contributed by atoms with Gasteiger partial charge in [-0.25, -0.2) is 5.48 Å². The normalized spacial score (nSPS) is 23.5. The monoisotopic (exact) mass is 227 g/mol. The molecule has 1 saturated heterocycles. The van der Waals surface area contributed by atoms with Gasteiger partial charge in [0.1, 0.15) is 0 Å². The van der Waals surface area contributed by atoms with E-state index in [9.17, 15) is 4.79 Å². The van der Waals surface area contributed by atoms with Crippen molar-refractivity contribution in [2.45, 2.75) is 31.8 Å². The second-order valence-corrected chi connectivity index (χ2v) is 4.58. The molecule has 0 aromatic rings. The summed E-state index contributed by atoms with van der Waals surface area (Å²) in [6.07, 6.45) is 4.84. The van der Waals surface area contributed by atoms with Crippen LogP contribution in [0.5, 0.6) is 0 Å². The maximum Gasteiger partial charge on any atom is 0.257 e. The average molecular weight is 227 g/mol. The van der Waals surface area contributed by atoms with E-state index in [1.165, 1.54) is 12.8 Å². The quantitative estimate of drug-likeness (QED) is 0.658. The van der Waals surface area contributed by atoms with E-state index in [0.717, 1.165) is 39.0 Å². The number of hydrogen-bond donors (Lipinski definition) is 2. The molecular weight excluding hydrogens is 206 g/mol. The molecule has 1 aliphatic carbocycles. The lowest BCUT2D eigenvalue weighted by Gasteiger charge is -2.26. The lowest BCUT2D eigenvalue weighted by molar-refractivity contribution is -0.139. The van der Waals surface area contributed by atoms with Gasteiger partial charge in [0.25, 0.3) is 5.91 Å². The van der Waals surface area contributed by atoms with Crippen LogP contribution in [0, 0.1) is 0 Å². The van der Waals surface area contributed by atoms with Gasteiger partial charge in [-0.3, -0.25) is 14.5 Å². The molecule has 1 aliphatic heterocycles. The van der Waals surface area contributed by atoms with E-state index in [2.05, 4.69) is 15.7 Å². The molecule has 0 spiro atoms. The fraction of sp³-hybridized carbons (Fsp3) is 0.909. The summed E-state index contributed by atoms with van der Waals surface area (Å²) < 4.78 is 0. The molecule has 0 aromatic heterocycles. The molecule has 1 saturated carbocycles. The lowest BCUT2D eigenvalue weighted by atomic mass is 10.3. The Bertz CT molecular complexity index is 223. The van der Waals surface area contributed by atoms with Gasteiger partial charge in [-0.2, -0.15) is 0 Å². The maximum atomic E-state index is 11.6. The van der Waals surface area contributed by atoms with Crippen LogP contribution >= 0.6 is 0 Å². The number of amides is 1. The number of carbonyl (C=O) groups excluding carboxylic acids is 1. The van der Waals surface area contributed by atoms with Crippen molar-refractivity contribution >= 4 is 5.91 Å². The largest absolute Gasteiger partial charge is 0.314 e. The van der Waals surface area contributed by atoms with Gasteiger partial charge in [0, 0.05) is 26.2 Å². The summed E-state index contributed by atoms with van der Waals surface area (Å²) in [5.41, 5.74) is 2.57. The highest BCUT2D eigenvalue weighted by Gasteiger charge is 2.18. The number of hydrogen-bond acceptors (Lipinski definition) is 4. The zero-order valence-electron chi connectivity index (χ0n) is 9.71. The van der Waals surface area contributed by atoms with E-state index < -0.39 is 0 Å². The van der Waals surface area contributed by atoms with Gasteiger partial charge in [-0.05, 0) is 12.8 Å². The SMILES string of the molecule is O=C(CN1CCNCC1)NOC1CCCC1. The van der Waals surface area contributed by atoms with Crippen LogP contribution in [0.25, 0.3) is 0 Å². The predicted octanol–water partition coefficient (Wildman–Crippen LogP) is -0.118. The zero-order chi connectivity index (χ0) is 11.2. The highest BCUT2D eigenvalue weighted by molar-refractivity contribution is 5.76. The summed E-state index contributed by atoms with van der Waals surface area (Å²) in [6.45, 7) is 4.27. The summed E-state index contributed by atoms with van der Waals surface area (Å²) in [5.74, 6) is -0.0196. The van der Waals surface area contributed by atoms with E-state index in [-0.39, 0.29) is 12.0 Å². The third kappa shape index (κ3) is 3.73. The summed E-state index contributed by atoms with van der Waals surface area (Å²) in [6, 6.07) is 0. The summed E-state index contributed by atoms with van der Waals surface area (Å²) >= 11 is 0. The van der Waals surface area contributed by atoms with Crippen LogP contribution in [0.4, 0.5) is 0 Å². The van der Waals surface area contributed by atoms with Crippen LogP contribution in [0.2, 0.25) is 0 Å². The Hall–Kier alpha value is -0.650. The molecule has 0 atom stereocenters. The van der Waals surface area contributed by atoms with E-state index in [4.69, 9.17) is 4.84 Å². The molecule has 92 valence electrons. The molecule has 1 heterocycles. The van der Waals surface area contributed by atoms with Crippen molar-refractivity contribution in [3.05, 3.63) is 0 Å². The molecule has 0 unspecified atom stereocenters. The van der Waals surface area contributed by atoms with Gasteiger partial charge >= 0.3 is 0 Å². The topological polar surface area (TPSA) is 53.6 Å². The van der Waals surface area contributed by atoms with Crippen molar-refractivity contribution in [2.24, 2.45) is 0 Å². The van der Waals surface area contributed by atoms with Gasteiger partial charge in [0.2, 0.25) is 0 Å². The van der Waals surface area contributed by atoms with Crippen molar-refractivity contribution < 1.29 is 9.63 Å².